The van der Waals surface area contributed by atoms with Crippen LogP contribution in [0.2, 0.25) is 0 Å². The molecule has 3 heteroatoms. The zero-order valence-corrected chi connectivity index (χ0v) is 28.9. The summed E-state index contributed by atoms with van der Waals surface area (Å²) >= 11 is 0. The highest BCUT2D eigenvalue weighted by Crippen LogP contribution is 2.55. The molecule has 3 aliphatic rings. The van der Waals surface area contributed by atoms with Crippen LogP contribution in [-0.4, -0.2) is 33.6 Å². The van der Waals surface area contributed by atoms with E-state index in [1.807, 2.05) is 0 Å². The molecule has 0 aromatic heterocycles. The maximum absolute atomic E-state index is 11.2. The molecular formula is C37H70O3. The minimum Gasteiger partial charge on any atom is -0.393 e. The zero-order chi connectivity index (χ0) is 30.5. The van der Waals surface area contributed by atoms with Crippen LogP contribution in [0, 0.1) is 81.3 Å². The minimum atomic E-state index is -0.204. The van der Waals surface area contributed by atoms with Crippen molar-refractivity contribution in [3.05, 3.63) is 0 Å². The van der Waals surface area contributed by atoms with Gasteiger partial charge in [-0.05, 0) is 126 Å². The Morgan fingerprint density at radius 2 is 0.775 bits per heavy atom. The Bertz CT molecular complexity index is 758. The summed E-state index contributed by atoms with van der Waals surface area (Å²) in [7, 11) is 0. The van der Waals surface area contributed by atoms with Crippen molar-refractivity contribution >= 4 is 0 Å². The zero-order valence-electron chi connectivity index (χ0n) is 28.9. The van der Waals surface area contributed by atoms with E-state index in [2.05, 4.69) is 90.0 Å². The summed E-state index contributed by atoms with van der Waals surface area (Å²) in [5.41, 5.74) is 0.327. The molecule has 13 unspecified atom stereocenters. The second-order valence-electron chi connectivity index (χ2n) is 18.8. The number of hydrogen-bond donors (Lipinski definition) is 3. The second kappa shape index (κ2) is 12.5. The van der Waals surface area contributed by atoms with E-state index in [0.717, 1.165) is 38.5 Å². The molecule has 0 radical (unpaired) electrons. The highest BCUT2D eigenvalue weighted by Gasteiger charge is 2.50. The van der Waals surface area contributed by atoms with Gasteiger partial charge < -0.3 is 15.3 Å². The first-order chi connectivity index (χ1) is 18.1. The van der Waals surface area contributed by atoms with Crippen molar-refractivity contribution in [1.82, 2.24) is 0 Å². The molecule has 3 aliphatic carbocycles. The summed E-state index contributed by atoms with van der Waals surface area (Å²) in [4.78, 5) is 0. The number of rotatable bonds is 5. The third-order valence-electron chi connectivity index (χ3n) is 12.8. The van der Waals surface area contributed by atoms with Crippen LogP contribution in [0.25, 0.3) is 0 Å². The Balaban J connectivity index is 1.97. The van der Waals surface area contributed by atoms with Crippen molar-refractivity contribution in [3.63, 3.8) is 0 Å². The Morgan fingerprint density at radius 3 is 1.07 bits per heavy atom. The third-order valence-corrected chi connectivity index (χ3v) is 12.8. The van der Waals surface area contributed by atoms with Crippen molar-refractivity contribution in [1.29, 1.82) is 0 Å². The first-order valence-electron chi connectivity index (χ1n) is 17.2. The maximum Gasteiger partial charge on any atom is 0.0576 e. The van der Waals surface area contributed by atoms with E-state index in [1.54, 1.807) is 0 Å². The predicted molar refractivity (Wildman–Crippen MR) is 170 cm³/mol. The molecule has 3 nitrogen and oxygen atoms in total. The van der Waals surface area contributed by atoms with Gasteiger partial charge in [0.1, 0.15) is 0 Å². The van der Waals surface area contributed by atoms with Gasteiger partial charge in [0.15, 0.2) is 0 Å². The fraction of sp³-hybridized carbons (Fsp3) is 1.00. The van der Waals surface area contributed by atoms with Crippen molar-refractivity contribution in [3.8, 4) is 0 Å². The molecule has 0 aromatic rings. The topological polar surface area (TPSA) is 60.7 Å². The lowest BCUT2D eigenvalue weighted by Crippen LogP contribution is -2.49. The fourth-order valence-corrected chi connectivity index (χ4v) is 10.3. The van der Waals surface area contributed by atoms with E-state index in [1.165, 1.54) is 6.42 Å². The SMILES string of the molecule is CC1CC(O)C(C(C)(C)C)CC1C(C)CC(C1CC(C(C)(C)C)C(O)CC1C)C1CC(C(C)(C)C)C(O)CC1C. The predicted octanol–water partition coefficient (Wildman–Crippen LogP) is 8.84. The van der Waals surface area contributed by atoms with Crippen molar-refractivity contribution in [2.45, 2.75) is 153 Å². The first-order valence-corrected chi connectivity index (χ1v) is 17.2. The molecule has 0 bridgehead atoms. The Kier molecular flexibility index (Phi) is 10.7. The van der Waals surface area contributed by atoms with Gasteiger partial charge in [-0.15, -0.1) is 0 Å². The largest absolute Gasteiger partial charge is 0.393 e. The summed E-state index contributed by atoms with van der Waals surface area (Å²) in [5.74, 6) is 5.70. The van der Waals surface area contributed by atoms with Gasteiger partial charge in [0.2, 0.25) is 0 Å². The van der Waals surface area contributed by atoms with Gasteiger partial charge in [0.25, 0.3) is 0 Å². The van der Waals surface area contributed by atoms with Crippen LogP contribution in [-0.2, 0) is 0 Å². The van der Waals surface area contributed by atoms with Gasteiger partial charge in [0.05, 0.1) is 18.3 Å². The summed E-state index contributed by atoms with van der Waals surface area (Å²) in [6, 6.07) is 0. The van der Waals surface area contributed by atoms with E-state index in [4.69, 9.17) is 0 Å². The normalized spacial score (nSPS) is 43.8. The smallest absolute Gasteiger partial charge is 0.0576 e. The highest BCUT2D eigenvalue weighted by molar-refractivity contribution is 4.99. The van der Waals surface area contributed by atoms with E-state index in [9.17, 15) is 15.3 Å². The molecule has 0 spiro atoms. The van der Waals surface area contributed by atoms with E-state index < -0.39 is 0 Å². The second-order valence-corrected chi connectivity index (χ2v) is 18.8. The van der Waals surface area contributed by atoms with Crippen molar-refractivity contribution < 1.29 is 15.3 Å². The first kappa shape index (κ1) is 34.4. The summed E-state index contributed by atoms with van der Waals surface area (Å²) < 4.78 is 0. The van der Waals surface area contributed by atoms with Crippen molar-refractivity contribution in [2.24, 2.45) is 81.3 Å². The molecule has 13 atom stereocenters. The monoisotopic (exact) mass is 563 g/mol. The van der Waals surface area contributed by atoms with Gasteiger partial charge in [-0.25, -0.2) is 0 Å². The Hall–Kier alpha value is -0.120. The molecule has 3 fully saturated rings. The third kappa shape index (κ3) is 7.68. The van der Waals surface area contributed by atoms with Gasteiger partial charge >= 0.3 is 0 Å². The summed E-state index contributed by atoms with van der Waals surface area (Å²) in [5, 5.41) is 33.5. The molecule has 0 aliphatic heterocycles. The number of hydrogen-bond acceptors (Lipinski definition) is 3. The van der Waals surface area contributed by atoms with Gasteiger partial charge in [-0.2, -0.15) is 0 Å². The Labute approximate surface area is 249 Å². The number of aliphatic hydroxyl groups excluding tert-OH is 3. The molecule has 3 rings (SSSR count). The molecule has 40 heavy (non-hydrogen) atoms. The lowest BCUT2D eigenvalue weighted by atomic mass is 9.53. The standard InChI is InChI=1S/C37H70O3/c1-21(25-18-29(35(5,6)7)32(38)15-22(25)2)14-28(26-19-30(36(8,9)10)33(39)16-23(26)3)27-20-31(37(11,12)13)34(40)17-24(27)4/h21-34,38-40H,14-20H2,1-13H3. The van der Waals surface area contributed by atoms with Crippen LogP contribution in [0.4, 0.5) is 0 Å². The minimum absolute atomic E-state index is 0.101. The highest BCUT2D eigenvalue weighted by atomic mass is 16.3. The van der Waals surface area contributed by atoms with Crippen LogP contribution in [0.3, 0.4) is 0 Å². The average Bonchev–Trinajstić information content (AvgIpc) is 2.75. The van der Waals surface area contributed by atoms with Crippen LogP contribution in [0.5, 0.6) is 0 Å². The van der Waals surface area contributed by atoms with E-state index >= 15 is 0 Å². The molecule has 0 saturated heterocycles. The van der Waals surface area contributed by atoms with Crippen LogP contribution in [0.1, 0.15) is 135 Å². The lowest BCUT2D eigenvalue weighted by Gasteiger charge is -2.53. The molecule has 236 valence electrons. The van der Waals surface area contributed by atoms with Gasteiger partial charge in [0, 0.05) is 0 Å². The average molecular weight is 563 g/mol. The van der Waals surface area contributed by atoms with Crippen LogP contribution < -0.4 is 0 Å². The molecule has 0 amide bonds. The van der Waals surface area contributed by atoms with E-state index in [-0.39, 0.29) is 34.6 Å². The lowest BCUT2D eigenvalue weighted by molar-refractivity contribution is -0.0905. The quantitative estimate of drug-likeness (QED) is 0.314. The number of aliphatic hydroxyl groups is 3. The van der Waals surface area contributed by atoms with E-state index in [0.29, 0.717) is 65.1 Å². The fourth-order valence-electron chi connectivity index (χ4n) is 10.3. The summed E-state index contributed by atoms with van der Waals surface area (Å²) in [6.45, 7) is 30.6. The maximum atomic E-state index is 11.2. The molecule has 0 aromatic carbocycles. The van der Waals surface area contributed by atoms with Crippen LogP contribution in [0.15, 0.2) is 0 Å². The van der Waals surface area contributed by atoms with Crippen LogP contribution >= 0.6 is 0 Å². The molecule has 3 N–H and O–H groups in total. The molecule has 3 saturated carbocycles. The van der Waals surface area contributed by atoms with Gasteiger partial charge in [-0.3, -0.25) is 0 Å². The van der Waals surface area contributed by atoms with Crippen molar-refractivity contribution in [2.75, 3.05) is 0 Å². The molecular weight excluding hydrogens is 492 g/mol. The Morgan fingerprint density at radius 1 is 0.500 bits per heavy atom. The molecule has 0 heterocycles. The summed E-state index contributed by atoms with van der Waals surface area (Å²) in [6.07, 6.45) is 6.79. The van der Waals surface area contributed by atoms with Gasteiger partial charge in [-0.1, -0.05) is 90.0 Å².